The minimum absolute atomic E-state index is 0.168. The molecule has 0 aliphatic heterocycles. The van der Waals surface area contributed by atoms with E-state index in [2.05, 4.69) is 5.32 Å². The maximum Gasteiger partial charge on any atom is 0.404 e. The molecule has 5 heteroatoms. The Balaban J connectivity index is 0.000000415. The summed E-state index contributed by atoms with van der Waals surface area (Å²) in [5.41, 5.74) is 0. The Morgan fingerprint density at radius 1 is 1.24 bits per heavy atom. The molecule has 1 aliphatic rings. The van der Waals surface area contributed by atoms with Crippen LogP contribution >= 0.6 is 0 Å². The average molecular weight is 239 g/mol. The van der Waals surface area contributed by atoms with E-state index in [0.29, 0.717) is 5.75 Å². The van der Waals surface area contributed by atoms with E-state index < -0.39 is 6.09 Å². The summed E-state index contributed by atoms with van der Waals surface area (Å²) in [5, 5.41) is 19.4. The van der Waals surface area contributed by atoms with Gasteiger partial charge in [-0.25, -0.2) is 4.79 Å². The van der Waals surface area contributed by atoms with Crippen molar-refractivity contribution in [2.75, 3.05) is 13.2 Å². The van der Waals surface area contributed by atoms with Crippen LogP contribution in [-0.4, -0.2) is 29.5 Å². The zero-order valence-corrected chi connectivity index (χ0v) is 9.56. The van der Waals surface area contributed by atoms with Gasteiger partial charge in [0.1, 0.15) is 18.1 Å². The number of phenolic OH excluding ortho intramolecular Hbond substituents is 1. The molecule has 0 saturated heterocycles. The van der Waals surface area contributed by atoms with E-state index in [1.807, 2.05) is 0 Å². The van der Waals surface area contributed by atoms with Crippen LogP contribution in [0.2, 0.25) is 0 Å². The lowest BCUT2D eigenvalue weighted by Gasteiger charge is -2.05. The number of ether oxygens (including phenoxy) is 1. The van der Waals surface area contributed by atoms with Crippen molar-refractivity contribution in [2.24, 2.45) is 0 Å². The fraction of sp³-hybridized carbons (Fsp3) is 0.417. The van der Waals surface area contributed by atoms with Crippen molar-refractivity contribution >= 4 is 6.09 Å². The Bertz CT molecular complexity index is 332. The highest BCUT2D eigenvalue weighted by atomic mass is 16.5. The molecule has 1 aromatic carbocycles. The van der Waals surface area contributed by atoms with E-state index in [-0.39, 0.29) is 18.9 Å². The second-order valence-electron chi connectivity index (χ2n) is 3.63. The predicted octanol–water partition coefficient (Wildman–Crippen LogP) is 2.21. The molecular formula is C12H17NO4. The molecule has 1 aromatic rings. The fourth-order valence-corrected chi connectivity index (χ4v) is 0.869. The smallest absolute Gasteiger partial charge is 0.404 e. The lowest BCUT2D eigenvalue weighted by atomic mass is 10.3. The van der Waals surface area contributed by atoms with E-state index in [9.17, 15) is 4.79 Å². The van der Waals surface area contributed by atoms with Crippen LogP contribution in [0, 0.1) is 0 Å². The summed E-state index contributed by atoms with van der Waals surface area (Å²) >= 11 is 0. The normalized spacial score (nSPS) is 12.0. The largest absolute Gasteiger partial charge is 0.508 e. The van der Waals surface area contributed by atoms with Gasteiger partial charge in [-0.05, 0) is 24.3 Å². The van der Waals surface area contributed by atoms with Crippen molar-refractivity contribution in [3.05, 3.63) is 24.3 Å². The molecule has 0 atom stereocenters. The first kappa shape index (κ1) is 13.2. The van der Waals surface area contributed by atoms with Crippen LogP contribution in [0.25, 0.3) is 0 Å². The number of hydrogen-bond acceptors (Lipinski definition) is 3. The Labute approximate surface area is 100 Å². The summed E-state index contributed by atoms with van der Waals surface area (Å²) in [4.78, 5) is 10.1. The summed E-state index contributed by atoms with van der Waals surface area (Å²) in [6, 6.07) is 6.21. The number of carboxylic acid groups (broad SMARTS) is 1. The van der Waals surface area contributed by atoms with Crippen molar-refractivity contribution in [1.29, 1.82) is 0 Å². The summed E-state index contributed by atoms with van der Waals surface area (Å²) in [6.07, 6.45) is 3.43. The van der Waals surface area contributed by atoms with E-state index in [4.69, 9.17) is 14.9 Å². The SMILES string of the molecule is C1CC1.O=C(O)NCCOc1ccc(O)cc1. The number of hydrogen-bond donors (Lipinski definition) is 3. The van der Waals surface area contributed by atoms with Gasteiger partial charge in [0, 0.05) is 0 Å². The van der Waals surface area contributed by atoms with Gasteiger partial charge in [-0.2, -0.15) is 0 Å². The molecule has 17 heavy (non-hydrogen) atoms. The summed E-state index contributed by atoms with van der Waals surface area (Å²) in [7, 11) is 0. The average Bonchev–Trinajstić information content (AvgIpc) is 3.14. The van der Waals surface area contributed by atoms with Gasteiger partial charge in [0.15, 0.2) is 0 Å². The van der Waals surface area contributed by atoms with Gasteiger partial charge in [-0.3, -0.25) is 0 Å². The second kappa shape index (κ2) is 7.38. The predicted molar refractivity (Wildman–Crippen MR) is 63.5 cm³/mol. The van der Waals surface area contributed by atoms with Crippen LogP contribution in [0.5, 0.6) is 11.5 Å². The molecule has 1 aliphatic carbocycles. The van der Waals surface area contributed by atoms with Crippen molar-refractivity contribution in [3.8, 4) is 11.5 Å². The molecular weight excluding hydrogens is 222 g/mol. The molecule has 0 radical (unpaired) electrons. The first-order chi connectivity index (χ1) is 8.18. The lowest BCUT2D eigenvalue weighted by molar-refractivity contribution is 0.191. The summed E-state index contributed by atoms with van der Waals surface area (Å²) < 4.78 is 5.17. The zero-order valence-electron chi connectivity index (χ0n) is 9.56. The van der Waals surface area contributed by atoms with Crippen molar-refractivity contribution < 1.29 is 19.7 Å². The Morgan fingerprint density at radius 3 is 2.29 bits per heavy atom. The van der Waals surface area contributed by atoms with Gasteiger partial charge in [0.25, 0.3) is 0 Å². The number of nitrogens with one attached hydrogen (secondary N) is 1. The zero-order chi connectivity index (χ0) is 12.5. The second-order valence-corrected chi connectivity index (χ2v) is 3.63. The third-order valence-corrected chi connectivity index (χ3v) is 1.84. The fourth-order valence-electron chi connectivity index (χ4n) is 0.869. The summed E-state index contributed by atoms with van der Waals surface area (Å²) in [6.45, 7) is 0.493. The molecule has 94 valence electrons. The Morgan fingerprint density at radius 2 is 1.82 bits per heavy atom. The highest BCUT2D eigenvalue weighted by Gasteiger charge is 1.96. The highest BCUT2D eigenvalue weighted by molar-refractivity contribution is 5.64. The lowest BCUT2D eigenvalue weighted by Crippen LogP contribution is -2.26. The van der Waals surface area contributed by atoms with E-state index in [0.717, 1.165) is 0 Å². The van der Waals surface area contributed by atoms with Crippen molar-refractivity contribution in [3.63, 3.8) is 0 Å². The minimum Gasteiger partial charge on any atom is -0.508 e. The van der Waals surface area contributed by atoms with Gasteiger partial charge in [0.2, 0.25) is 0 Å². The van der Waals surface area contributed by atoms with Crippen LogP contribution in [-0.2, 0) is 0 Å². The minimum atomic E-state index is -1.07. The first-order valence-corrected chi connectivity index (χ1v) is 5.57. The number of carbonyl (C=O) groups is 1. The maximum absolute atomic E-state index is 10.1. The van der Waals surface area contributed by atoms with Gasteiger partial charge in [0.05, 0.1) is 6.54 Å². The van der Waals surface area contributed by atoms with Crippen LogP contribution < -0.4 is 10.1 Å². The Hall–Kier alpha value is -1.91. The van der Waals surface area contributed by atoms with Crippen molar-refractivity contribution in [2.45, 2.75) is 19.3 Å². The first-order valence-electron chi connectivity index (χ1n) is 5.57. The molecule has 0 spiro atoms. The third kappa shape index (κ3) is 7.96. The molecule has 1 saturated carbocycles. The number of aromatic hydroxyl groups is 1. The molecule has 5 nitrogen and oxygen atoms in total. The Kier molecular flexibility index (Phi) is 5.71. The van der Waals surface area contributed by atoms with Crippen LogP contribution in [0.3, 0.4) is 0 Å². The molecule has 1 fully saturated rings. The molecule has 1 amide bonds. The van der Waals surface area contributed by atoms with Gasteiger partial charge >= 0.3 is 6.09 Å². The van der Waals surface area contributed by atoms with E-state index >= 15 is 0 Å². The van der Waals surface area contributed by atoms with Gasteiger partial charge in [-0.15, -0.1) is 0 Å². The van der Waals surface area contributed by atoms with E-state index in [1.54, 1.807) is 12.1 Å². The monoisotopic (exact) mass is 239 g/mol. The van der Waals surface area contributed by atoms with E-state index in [1.165, 1.54) is 31.4 Å². The third-order valence-electron chi connectivity index (χ3n) is 1.84. The molecule has 0 aromatic heterocycles. The van der Waals surface area contributed by atoms with Crippen LogP contribution in [0.1, 0.15) is 19.3 Å². The van der Waals surface area contributed by atoms with Gasteiger partial charge in [-0.1, -0.05) is 19.3 Å². The molecule has 0 unspecified atom stereocenters. The number of phenols is 1. The number of rotatable bonds is 4. The van der Waals surface area contributed by atoms with Gasteiger partial charge < -0.3 is 20.3 Å². The molecule has 0 bridgehead atoms. The number of benzene rings is 1. The molecule has 2 rings (SSSR count). The topological polar surface area (TPSA) is 78.8 Å². The van der Waals surface area contributed by atoms with Crippen LogP contribution in [0.15, 0.2) is 24.3 Å². The summed E-state index contributed by atoms with van der Waals surface area (Å²) in [5.74, 6) is 0.760. The number of amides is 1. The highest BCUT2D eigenvalue weighted by Crippen LogP contribution is 2.15. The standard InChI is InChI=1S/C9H11NO4.C3H6/c11-7-1-3-8(4-2-7)14-6-5-10-9(12)13;1-2-3-1/h1-4,10-11H,5-6H2,(H,12,13);1-3H2. The van der Waals surface area contributed by atoms with Crippen LogP contribution in [0.4, 0.5) is 4.79 Å². The quantitative estimate of drug-likeness (QED) is 0.704. The van der Waals surface area contributed by atoms with Crippen molar-refractivity contribution in [1.82, 2.24) is 5.32 Å². The molecule has 0 heterocycles. The molecule has 3 N–H and O–H groups in total. The maximum atomic E-state index is 10.1.